The minimum absolute atomic E-state index is 0.228. The van der Waals surface area contributed by atoms with Gasteiger partial charge in [0.15, 0.2) is 0 Å². The Kier molecular flexibility index (Phi) is 4.87. The molecule has 148 valence electrons. The van der Waals surface area contributed by atoms with E-state index in [0.717, 1.165) is 43.0 Å². The van der Waals surface area contributed by atoms with Gasteiger partial charge in [0.25, 0.3) is 0 Å². The molecule has 0 aliphatic carbocycles. The Balaban J connectivity index is 1.42. The van der Waals surface area contributed by atoms with Crippen LogP contribution >= 0.6 is 11.3 Å². The van der Waals surface area contributed by atoms with Crippen LogP contribution in [0.4, 0.5) is 0 Å². The molecule has 4 heterocycles. The fourth-order valence-corrected chi connectivity index (χ4v) is 4.62. The number of thiazole rings is 1. The van der Waals surface area contributed by atoms with Crippen LogP contribution < -0.4 is 0 Å². The molecule has 3 aromatic heterocycles. The number of aromatic nitrogens is 4. The summed E-state index contributed by atoms with van der Waals surface area (Å²) in [5.74, 6) is 0. The van der Waals surface area contributed by atoms with Crippen LogP contribution in [0.3, 0.4) is 0 Å². The summed E-state index contributed by atoms with van der Waals surface area (Å²) in [6, 6.07) is 13.1. The topological polar surface area (TPSA) is 49.6 Å². The number of fused-ring (bicyclic) bond motifs is 1. The third kappa shape index (κ3) is 3.69. The van der Waals surface area contributed by atoms with E-state index in [4.69, 9.17) is 0 Å². The molecule has 1 saturated heterocycles. The molecule has 1 aliphatic heterocycles. The highest BCUT2D eigenvalue weighted by Crippen LogP contribution is 2.28. The van der Waals surface area contributed by atoms with Gasteiger partial charge in [0, 0.05) is 43.0 Å². The number of pyridine rings is 1. The van der Waals surface area contributed by atoms with Crippen LogP contribution in [0.2, 0.25) is 0 Å². The summed E-state index contributed by atoms with van der Waals surface area (Å²) in [5.41, 5.74) is 5.73. The van der Waals surface area contributed by atoms with Gasteiger partial charge in [0.2, 0.25) is 0 Å². The van der Waals surface area contributed by atoms with Crippen molar-refractivity contribution in [3.05, 3.63) is 70.4 Å². The molecule has 0 spiro atoms. The summed E-state index contributed by atoms with van der Waals surface area (Å²) >= 11 is 1.72. The molecule has 5 rings (SSSR count). The molecule has 0 saturated carbocycles. The Bertz CT molecular complexity index is 1100. The van der Waals surface area contributed by atoms with E-state index in [1.54, 1.807) is 11.3 Å². The summed E-state index contributed by atoms with van der Waals surface area (Å²) in [6.07, 6.45) is 3.96. The number of piperazine rings is 1. The number of hydrogen-bond acceptors (Lipinski definition) is 6. The van der Waals surface area contributed by atoms with Crippen molar-refractivity contribution >= 4 is 16.9 Å². The summed E-state index contributed by atoms with van der Waals surface area (Å²) in [4.78, 5) is 9.29. The van der Waals surface area contributed by atoms with Crippen molar-refractivity contribution < 1.29 is 0 Å². The smallest absolute Gasteiger partial charge is 0.109 e. The highest BCUT2D eigenvalue weighted by Gasteiger charge is 2.29. The minimum Gasteiger partial charge on any atom is -0.295 e. The van der Waals surface area contributed by atoms with Crippen LogP contribution in [-0.2, 0) is 6.54 Å². The monoisotopic (exact) mass is 404 g/mol. The first-order chi connectivity index (χ1) is 14.2. The second-order valence-electron chi connectivity index (χ2n) is 7.75. The van der Waals surface area contributed by atoms with Crippen LogP contribution in [0.5, 0.6) is 0 Å². The molecule has 7 heteroatoms. The van der Waals surface area contributed by atoms with Gasteiger partial charge in [-0.05, 0) is 25.6 Å². The Morgan fingerprint density at radius 1 is 1.07 bits per heavy atom. The van der Waals surface area contributed by atoms with Crippen molar-refractivity contribution in [2.75, 3.05) is 26.7 Å². The summed E-state index contributed by atoms with van der Waals surface area (Å²) in [6.45, 7) is 6.00. The third-order valence-electron chi connectivity index (χ3n) is 5.72. The van der Waals surface area contributed by atoms with Crippen molar-refractivity contribution in [2.24, 2.45) is 0 Å². The van der Waals surface area contributed by atoms with Crippen molar-refractivity contribution in [3.8, 4) is 11.1 Å². The van der Waals surface area contributed by atoms with Crippen molar-refractivity contribution in [3.63, 3.8) is 0 Å². The van der Waals surface area contributed by atoms with Gasteiger partial charge in [-0.1, -0.05) is 41.1 Å². The van der Waals surface area contributed by atoms with E-state index in [1.807, 2.05) is 16.1 Å². The molecule has 1 aromatic carbocycles. The van der Waals surface area contributed by atoms with Crippen LogP contribution in [0.25, 0.3) is 16.6 Å². The molecule has 4 aromatic rings. The SMILES string of the molecule is Cc1ccc(-c2ccc3c([C@H]4CN(Cc5nccs5)CCN4C)nnn3c2)cc1. The van der Waals surface area contributed by atoms with E-state index in [0.29, 0.717) is 0 Å². The molecule has 0 bridgehead atoms. The van der Waals surface area contributed by atoms with Gasteiger partial charge in [-0.3, -0.25) is 9.80 Å². The molecule has 0 amide bonds. The average molecular weight is 405 g/mol. The number of rotatable bonds is 4. The zero-order valence-electron chi connectivity index (χ0n) is 16.7. The largest absolute Gasteiger partial charge is 0.295 e. The van der Waals surface area contributed by atoms with Crippen LogP contribution in [0.1, 0.15) is 22.3 Å². The molecule has 0 radical (unpaired) electrons. The lowest BCUT2D eigenvalue weighted by Crippen LogP contribution is -2.46. The Labute approximate surface area is 174 Å². The summed E-state index contributed by atoms with van der Waals surface area (Å²) < 4.78 is 1.91. The maximum absolute atomic E-state index is 4.58. The van der Waals surface area contributed by atoms with Crippen molar-refractivity contribution in [2.45, 2.75) is 19.5 Å². The van der Waals surface area contributed by atoms with E-state index < -0.39 is 0 Å². The third-order valence-corrected chi connectivity index (χ3v) is 6.48. The molecule has 6 nitrogen and oxygen atoms in total. The lowest BCUT2D eigenvalue weighted by atomic mass is 10.0. The zero-order chi connectivity index (χ0) is 19.8. The van der Waals surface area contributed by atoms with Gasteiger partial charge < -0.3 is 0 Å². The molecule has 1 fully saturated rings. The Hall–Kier alpha value is -2.61. The maximum atomic E-state index is 4.58. The first-order valence-electron chi connectivity index (χ1n) is 9.90. The van der Waals surface area contributed by atoms with E-state index in [9.17, 15) is 0 Å². The van der Waals surface area contributed by atoms with E-state index in [-0.39, 0.29) is 6.04 Å². The summed E-state index contributed by atoms with van der Waals surface area (Å²) in [7, 11) is 2.18. The van der Waals surface area contributed by atoms with Gasteiger partial charge >= 0.3 is 0 Å². The Morgan fingerprint density at radius 3 is 2.69 bits per heavy atom. The summed E-state index contributed by atoms with van der Waals surface area (Å²) in [5, 5.41) is 12.2. The highest BCUT2D eigenvalue weighted by molar-refractivity contribution is 7.09. The standard InChI is InChI=1S/C22H24N6S/c1-16-3-5-17(6-4-16)18-7-8-19-22(24-25-28(19)13-18)20-14-27(11-10-26(20)2)15-21-23-9-12-29-21/h3-9,12-13,20H,10-11,14-15H2,1-2H3/t20-/m1/s1. The number of likely N-dealkylation sites (N-methyl/N-ethyl adjacent to an activating group) is 1. The molecule has 0 unspecified atom stereocenters. The van der Waals surface area contributed by atoms with E-state index in [2.05, 4.69) is 81.7 Å². The lowest BCUT2D eigenvalue weighted by molar-refractivity contribution is 0.0889. The Morgan fingerprint density at radius 2 is 1.90 bits per heavy atom. The predicted octanol–water partition coefficient (Wildman–Crippen LogP) is 3.65. The van der Waals surface area contributed by atoms with Crippen LogP contribution in [0.15, 0.2) is 54.2 Å². The maximum Gasteiger partial charge on any atom is 0.109 e. The molecule has 0 N–H and O–H groups in total. The fourth-order valence-electron chi connectivity index (χ4n) is 3.96. The molecular formula is C22H24N6S. The molecule has 29 heavy (non-hydrogen) atoms. The van der Waals surface area contributed by atoms with Gasteiger partial charge in [-0.2, -0.15) is 0 Å². The number of hydrogen-bond donors (Lipinski definition) is 0. The zero-order valence-corrected chi connectivity index (χ0v) is 17.5. The van der Waals surface area contributed by atoms with Crippen molar-refractivity contribution in [1.29, 1.82) is 0 Å². The van der Waals surface area contributed by atoms with E-state index >= 15 is 0 Å². The predicted molar refractivity (Wildman–Crippen MR) is 116 cm³/mol. The first-order valence-corrected chi connectivity index (χ1v) is 10.8. The molecule has 1 aliphatic rings. The lowest BCUT2D eigenvalue weighted by Gasteiger charge is -2.38. The van der Waals surface area contributed by atoms with Crippen LogP contribution in [-0.4, -0.2) is 56.3 Å². The highest BCUT2D eigenvalue weighted by atomic mass is 32.1. The van der Waals surface area contributed by atoms with Gasteiger partial charge in [0.05, 0.1) is 18.1 Å². The number of nitrogens with zero attached hydrogens (tertiary/aromatic N) is 6. The first kappa shape index (κ1) is 18.4. The number of benzene rings is 1. The quantitative estimate of drug-likeness (QED) is 0.520. The second kappa shape index (κ2) is 7.67. The second-order valence-corrected chi connectivity index (χ2v) is 8.72. The molecule has 1 atom stereocenters. The van der Waals surface area contributed by atoms with Gasteiger partial charge in [0.1, 0.15) is 10.7 Å². The average Bonchev–Trinajstić information content (AvgIpc) is 3.39. The van der Waals surface area contributed by atoms with Crippen LogP contribution in [0, 0.1) is 6.92 Å². The van der Waals surface area contributed by atoms with Crippen molar-refractivity contribution in [1.82, 2.24) is 29.6 Å². The molecular weight excluding hydrogens is 380 g/mol. The number of aryl methyl sites for hydroxylation is 1. The normalized spacial score (nSPS) is 18.5. The van der Waals surface area contributed by atoms with Gasteiger partial charge in [-0.15, -0.1) is 16.4 Å². The fraction of sp³-hybridized carbons (Fsp3) is 0.318. The minimum atomic E-state index is 0.228. The van der Waals surface area contributed by atoms with E-state index in [1.165, 1.54) is 16.1 Å². The van der Waals surface area contributed by atoms with Gasteiger partial charge in [-0.25, -0.2) is 9.50 Å².